The lowest BCUT2D eigenvalue weighted by molar-refractivity contribution is -0.155. The molecule has 0 aliphatic carbocycles. The third kappa shape index (κ3) is 29.9. The van der Waals surface area contributed by atoms with E-state index in [1.165, 1.54) is 141 Å². The van der Waals surface area contributed by atoms with Crippen molar-refractivity contribution in [3.63, 3.8) is 0 Å². The molecular formula is C47H85N2O10P. The SMILES string of the molecule is CCCCCCCCCCCCCCCCCC(=O)CC(COP(=O)(O)OCCNC(=O)C(=O)N1C(=O)CCC1=O)C(=O)CCCCCCCCCCCCCCCCC. The van der Waals surface area contributed by atoms with Crippen molar-refractivity contribution in [3.8, 4) is 0 Å². The van der Waals surface area contributed by atoms with E-state index in [0.717, 1.165) is 44.9 Å². The van der Waals surface area contributed by atoms with E-state index in [-0.39, 0.29) is 48.7 Å². The summed E-state index contributed by atoms with van der Waals surface area (Å²) in [7, 11) is -4.69. The number of imide groups is 3. The number of ketones is 2. The lowest BCUT2D eigenvalue weighted by Gasteiger charge is -2.18. The molecule has 1 aliphatic heterocycles. The fourth-order valence-electron chi connectivity index (χ4n) is 7.74. The summed E-state index contributed by atoms with van der Waals surface area (Å²) in [5.74, 6) is -5.20. The van der Waals surface area contributed by atoms with Crippen LogP contribution in [0.4, 0.5) is 0 Å². The van der Waals surface area contributed by atoms with Crippen LogP contribution in [0.25, 0.3) is 0 Å². The number of unbranched alkanes of at least 4 members (excludes halogenated alkanes) is 28. The Bertz CT molecular complexity index is 1230. The van der Waals surface area contributed by atoms with Crippen LogP contribution in [0.3, 0.4) is 0 Å². The Morgan fingerprint density at radius 3 is 1.35 bits per heavy atom. The van der Waals surface area contributed by atoms with Crippen molar-refractivity contribution in [2.45, 2.75) is 239 Å². The van der Waals surface area contributed by atoms with Gasteiger partial charge in [-0.05, 0) is 12.8 Å². The quantitative estimate of drug-likeness (QED) is 0.0260. The molecule has 0 aromatic rings. The van der Waals surface area contributed by atoms with E-state index in [1.54, 1.807) is 0 Å². The molecule has 12 nitrogen and oxygen atoms in total. The van der Waals surface area contributed by atoms with Gasteiger partial charge in [0.15, 0.2) is 0 Å². The molecule has 1 saturated heterocycles. The lowest BCUT2D eigenvalue weighted by atomic mass is 9.92. The van der Waals surface area contributed by atoms with Gasteiger partial charge in [0, 0.05) is 44.6 Å². The van der Waals surface area contributed by atoms with Crippen LogP contribution in [-0.4, -0.2) is 64.7 Å². The molecule has 348 valence electrons. The maximum absolute atomic E-state index is 13.3. The molecule has 0 aromatic carbocycles. The minimum absolute atomic E-state index is 0.0672. The minimum Gasteiger partial charge on any atom is -0.345 e. The van der Waals surface area contributed by atoms with Crippen molar-refractivity contribution >= 4 is 43.0 Å². The molecule has 0 saturated carbocycles. The van der Waals surface area contributed by atoms with Crippen LogP contribution in [0.2, 0.25) is 0 Å². The first kappa shape index (κ1) is 55.7. The predicted octanol–water partition coefficient (Wildman–Crippen LogP) is 11.6. The first-order valence-electron chi connectivity index (χ1n) is 24.4. The monoisotopic (exact) mass is 869 g/mol. The lowest BCUT2D eigenvalue weighted by Crippen LogP contribution is -2.46. The molecule has 1 heterocycles. The number of likely N-dealkylation sites (tertiary alicyclic amines) is 1. The van der Waals surface area contributed by atoms with Crippen molar-refractivity contribution in [2.75, 3.05) is 19.8 Å². The van der Waals surface area contributed by atoms with Gasteiger partial charge in [-0.15, -0.1) is 0 Å². The number of carbonyl (C=O) groups excluding carboxylic acids is 6. The summed E-state index contributed by atoms with van der Waals surface area (Å²) in [5, 5.41) is 2.15. The summed E-state index contributed by atoms with van der Waals surface area (Å²) < 4.78 is 22.8. The van der Waals surface area contributed by atoms with Gasteiger partial charge in [-0.1, -0.05) is 194 Å². The summed E-state index contributed by atoms with van der Waals surface area (Å²) in [4.78, 5) is 84.6. The Labute approximate surface area is 363 Å². The summed E-state index contributed by atoms with van der Waals surface area (Å²) in [6.45, 7) is 3.13. The molecule has 1 fully saturated rings. The van der Waals surface area contributed by atoms with Crippen molar-refractivity contribution in [3.05, 3.63) is 0 Å². The number of phosphoric ester groups is 1. The Morgan fingerprint density at radius 2 is 0.950 bits per heavy atom. The maximum Gasteiger partial charge on any atom is 0.472 e. The van der Waals surface area contributed by atoms with Gasteiger partial charge < -0.3 is 10.2 Å². The maximum atomic E-state index is 13.3. The second-order valence-electron chi connectivity index (χ2n) is 17.1. The van der Waals surface area contributed by atoms with Crippen molar-refractivity contribution in [1.29, 1.82) is 0 Å². The molecule has 0 aromatic heterocycles. The predicted molar refractivity (Wildman–Crippen MR) is 238 cm³/mol. The Kier molecular flexibility index (Phi) is 34.7. The van der Waals surface area contributed by atoms with E-state index in [9.17, 15) is 38.2 Å². The second kappa shape index (κ2) is 37.3. The van der Waals surface area contributed by atoms with E-state index in [2.05, 4.69) is 19.2 Å². The van der Waals surface area contributed by atoms with Crippen LogP contribution in [0, 0.1) is 5.92 Å². The number of nitrogens with zero attached hydrogens (tertiary/aromatic N) is 1. The smallest absolute Gasteiger partial charge is 0.345 e. The molecule has 2 N–H and O–H groups in total. The van der Waals surface area contributed by atoms with E-state index in [1.807, 2.05) is 0 Å². The molecular weight excluding hydrogens is 783 g/mol. The number of rotatable bonds is 42. The van der Waals surface area contributed by atoms with Gasteiger partial charge in [0.05, 0.1) is 13.2 Å². The molecule has 1 aliphatic rings. The molecule has 4 amide bonds. The first-order chi connectivity index (χ1) is 29.0. The summed E-state index contributed by atoms with van der Waals surface area (Å²) in [6, 6.07) is 0. The van der Waals surface area contributed by atoms with Crippen LogP contribution >= 0.6 is 7.82 Å². The number of hydrogen-bond donors (Lipinski definition) is 2. The molecule has 13 heteroatoms. The Balaban J connectivity index is 2.42. The minimum atomic E-state index is -4.69. The Hall–Kier alpha value is -2.27. The molecule has 1 rings (SSSR count). The highest BCUT2D eigenvalue weighted by Crippen LogP contribution is 2.43. The van der Waals surface area contributed by atoms with Crippen LogP contribution < -0.4 is 5.32 Å². The van der Waals surface area contributed by atoms with Gasteiger partial charge in [0.1, 0.15) is 11.6 Å². The molecule has 60 heavy (non-hydrogen) atoms. The standard InChI is InChI=1S/C47H85N2O10P/c1-3-5-7-9-11-13-15-17-19-21-23-25-27-29-31-33-42(50)39-41(43(51)34-32-30-28-26-24-22-20-18-16-14-12-10-8-6-4-2)40-59-60(56,57)58-38-37-48-46(54)47(55)49-44(52)35-36-45(49)53/h41H,3-40H2,1-2H3,(H,48,54)(H,56,57). The highest BCUT2D eigenvalue weighted by atomic mass is 31.2. The largest absolute Gasteiger partial charge is 0.472 e. The molecule has 2 atom stereocenters. The molecule has 0 spiro atoms. The highest BCUT2D eigenvalue weighted by molar-refractivity contribution is 7.47. The van der Waals surface area contributed by atoms with Gasteiger partial charge in [0.25, 0.3) is 0 Å². The topological polar surface area (TPSA) is 173 Å². The van der Waals surface area contributed by atoms with Gasteiger partial charge in [0.2, 0.25) is 11.8 Å². The third-order valence-electron chi connectivity index (χ3n) is 11.5. The van der Waals surface area contributed by atoms with Crippen LogP contribution in [0.1, 0.15) is 239 Å². The molecule has 2 unspecified atom stereocenters. The molecule has 0 radical (unpaired) electrons. The van der Waals surface area contributed by atoms with E-state index in [0.29, 0.717) is 12.8 Å². The number of hydrogen-bond acceptors (Lipinski definition) is 9. The van der Waals surface area contributed by atoms with Crippen molar-refractivity contribution < 1.29 is 47.3 Å². The number of phosphoric acid groups is 1. The van der Waals surface area contributed by atoms with Crippen LogP contribution in [-0.2, 0) is 42.4 Å². The van der Waals surface area contributed by atoms with E-state index >= 15 is 0 Å². The zero-order valence-electron chi connectivity index (χ0n) is 38.0. The number of carbonyl (C=O) groups is 6. The van der Waals surface area contributed by atoms with Gasteiger partial charge in [-0.25, -0.2) is 9.46 Å². The van der Waals surface area contributed by atoms with Crippen molar-refractivity contribution in [1.82, 2.24) is 10.2 Å². The van der Waals surface area contributed by atoms with Gasteiger partial charge in [-0.3, -0.25) is 37.8 Å². The second-order valence-corrected chi connectivity index (χ2v) is 18.5. The number of nitrogens with one attached hydrogen (secondary N) is 1. The fourth-order valence-corrected chi connectivity index (χ4v) is 8.50. The van der Waals surface area contributed by atoms with E-state index < -0.39 is 50.6 Å². The number of amides is 4. The first-order valence-corrected chi connectivity index (χ1v) is 25.9. The van der Waals surface area contributed by atoms with Crippen LogP contribution in [0.5, 0.6) is 0 Å². The van der Waals surface area contributed by atoms with Gasteiger partial charge >= 0.3 is 19.6 Å². The van der Waals surface area contributed by atoms with Gasteiger partial charge in [-0.2, -0.15) is 0 Å². The van der Waals surface area contributed by atoms with Crippen LogP contribution in [0.15, 0.2) is 0 Å². The summed E-state index contributed by atoms with van der Waals surface area (Å²) in [6.07, 6.45) is 36.8. The fraction of sp³-hybridized carbons (Fsp3) is 0.872. The number of Topliss-reactive ketones (excluding diaryl/α,β-unsaturated/α-hetero) is 2. The Morgan fingerprint density at radius 1 is 0.583 bits per heavy atom. The highest BCUT2D eigenvalue weighted by Gasteiger charge is 2.37. The zero-order valence-corrected chi connectivity index (χ0v) is 38.9. The van der Waals surface area contributed by atoms with E-state index in [4.69, 9.17) is 9.05 Å². The third-order valence-corrected chi connectivity index (χ3v) is 12.5. The average molecular weight is 869 g/mol. The van der Waals surface area contributed by atoms with Crippen molar-refractivity contribution in [2.24, 2.45) is 5.92 Å². The molecule has 0 bridgehead atoms. The normalized spacial score (nSPS) is 14.4. The summed E-state index contributed by atoms with van der Waals surface area (Å²) in [5.41, 5.74) is 0. The average Bonchev–Trinajstić information content (AvgIpc) is 3.57. The summed E-state index contributed by atoms with van der Waals surface area (Å²) >= 11 is 0. The zero-order chi connectivity index (χ0) is 44.1.